The number of halogens is 10. The van der Waals surface area contributed by atoms with Crippen LogP contribution in [0.1, 0.15) is 80.3 Å². The highest BCUT2D eigenvalue weighted by molar-refractivity contribution is 6.36. The first-order valence-electron chi connectivity index (χ1n) is 48.5. The van der Waals surface area contributed by atoms with Gasteiger partial charge in [0.25, 0.3) is 11.8 Å². The Bertz CT molecular complexity index is 6540. The first kappa shape index (κ1) is 110. The number of anilines is 5. The topological polar surface area (TPSA) is 246 Å². The van der Waals surface area contributed by atoms with E-state index < -0.39 is 24.4 Å². The number of nitrogens with zero attached hydrogens (tertiary/aromatic N) is 10. The molecule has 22 nitrogen and oxygen atoms in total. The van der Waals surface area contributed by atoms with Gasteiger partial charge in [-0.2, -0.15) is 5.26 Å². The lowest BCUT2D eigenvalue weighted by molar-refractivity contribution is -0.139. The van der Waals surface area contributed by atoms with Crippen molar-refractivity contribution in [1.82, 2.24) is 24.9 Å². The number of nitriles is 1. The molecule has 766 valence electrons. The number of benzene rings is 14. The van der Waals surface area contributed by atoms with E-state index >= 15 is 0 Å². The van der Waals surface area contributed by atoms with Gasteiger partial charge in [-0.25, -0.2) is 4.79 Å². The molecule has 19 rings (SSSR count). The number of ether oxygens (including phenoxy) is 4. The number of aromatic hydroxyl groups is 1. The summed E-state index contributed by atoms with van der Waals surface area (Å²) < 4.78 is 21.4. The van der Waals surface area contributed by atoms with E-state index in [1.807, 2.05) is 146 Å². The van der Waals surface area contributed by atoms with Gasteiger partial charge in [-0.15, -0.1) is 0 Å². The molecule has 2 amide bonds. The van der Waals surface area contributed by atoms with Crippen LogP contribution in [0.25, 0.3) is 0 Å². The lowest BCUT2D eigenvalue weighted by atomic mass is 10.0. The van der Waals surface area contributed by atoms with Crippen molar-refractivity contribution in [2.45, 2.75) is 56.4 Å². The molecule has 14 aromatic carbocycles. The second kappa shape index (κ2) is 54.7. The van der Waals surface area contributed by atoms with Crippen LogP contribution < -0.4 is 60.2 Å². The molecule has 5 aliphatic rings. The Morgan fingerprint density at radius 2 is 0.561 bits per heavy atom. The number of phenolic OH excluding ortho intramolecular Hbond substituents is 1. The van der Waals surface area contributed by atoms with Gasteiger partial charge in [0.15, 0.2) is 26.4 Å². The first-order valence-corrected chi connectivity index (χ1v) is 52.2. The molecule has 148 heavy (non-hydrogen) atoms. The largest absolute Gasteiger partial charge is 0.508 e. The van der Waals surface area contributed by atoms with Gasteiger partial charge in [0.05, 0.1) is 83.8 Å². The van der Waals surface area contributed by atoms with Crippen molar-refractivity contribution in [2.75, 3.05) is 149 Å². The summed E-state index contributed by atoms with van der Waals surface area (Å²) in [6.45, 7) is 15.8. The number of carboxylic acid groups (broad SMARTS) is 1. The van der Waals surface area contributed by atoms with Crippen LogP contribution >= 0.6 is 116 Å². The van der Waals surface area contributed by atoms with Crippen molar-refractivity contribution in [1.29, 1.82) is 5.26 Å². The van der Waals surface area contributed by atoms with Crippen LogP contribution in [0.5, 0.6) is 28.7 Å². The monoisotopic (exact) mass is 2180 g/mol. The Balaban J connectivity index is 0.000000139. The number of hydrogen-bond acceptors (Lipinski definition) is 19. The number of amides is 2. The fourth-order valence-corrected chi connectivity index (χ4v) is 20.9. The SMILES string of the molecule is N#CCOc1ccc(N2CCN(Cc3ccccc3)C[C@H]2c2ccc(Cl)cc2)c(Cl)c1.NC(=O)COc1ccc(N2CCN(Cc3ccccc3)C[C@H]2c2ccc(Cl)cc2)c(Cl)c1.NC(=O)COc1ccc(N2CCNC[C@H]2c2ccc(Cl)cc2)c(Cl)c1.O=C(O)COc1ccc(N2CCN(Cc3ccccc3)C[C@H]2c2ccc(Cl)cc2)c(Cl)c1.Oc1ccc(N2CCN(Cc3ccccc3)C[C@H]2c2ccc(Cl)cc2)c(Cl)c1. The number of carboxylic acids is 1. The van der Waals surface area contributed by atoms with Crippen LogP contribution in [0, 0.1) is 11.3 Å². The third kappa shape index (κ3) is 31.6. The summed E-state index contributed by atoms with van der Waals surface area (Å²) >= 11 is 63.4. The molecule has 5 heterocycles. The van der Waals surface area contributed by atoms with Crippen molar-refractivity contribution >= 4 is 162 Å². The molecule has 5 aliphatic heterocycles. The number of nitrogens with one attached hydrogen (secondary N) is 1. The van der Waals surface area contributed by atoms with Crippen molar-refractivity contribution in [2.24, 2.45) is 11.5 Å². The van der Waals surface area contributed by atoms with E-state index in [1.165, 1.54) is 44.5 Å². The summed E-state index contributed by atoms with van der Waals surface area (Å²) in [6.07, 6.45) is 0. The minimum Gasteiger partial charge on any atom is -0.508 e. The zero-order valence-electron chi connectivity index (χ0n) is 81.1. The fourth-order valence-electron chi connectivity index (χ4n) is 18.8. The molecule has 5 saturated heterocycles. The van der Waals surface area contributed by atoms with Crippen LogP contribution in [0.15, 0.2) is 334 Å². The van der Waals surface area contributed by atoms with E-state index in [1.54, 1.807) is 48.5 Å². The Kier molecular flexibility index (Phi) is 40.6. The molecule has 7 N–H and O–H groups in total. The van der Waals surface area contributed by atoms with Crippen LogP contribution in [0.4, 0.5) is 28.4 Å². The molecule has 32 heteroatoms. The van der Waals surface area contributed by atoms with Gasteiger partial charge in [-0.05, 0) is 171 Å². The number of hydrogen-bond donors (Lipinski definition) is 5. The molecular weight excluding hydrogens is 2070 g/mol. The van der Waals surface area contributed by atoms with E-state index in [-0.39, 0.29) is 55.8 Å². The third-order valence-corrected chi connectivity index (χ3v) is 28.7. The predicted octanol–water partition coefficient (Wildman–Crippen LogP) is 25.2. The van der Waals surface area contributed by atoms with Gasteiger partial charge in [0, 0.05) is 180 Å². The van der Waals surface area contributed by atoms with Crippen molar-refractivity contribution in [3.8, 4) is 34.8 Å². The predicted molar refractivity (Wildman–Crippen MR) is 600 cm³/mol. The first-order chi connectivity index (χ1) is 71.8. The standard InChI is InChI=1S/C25H25Cl2N3O2.C25H23Cl2N3O.C25H24Cl2N2O3.C23H22Cl2N2O.C18H19Cl2N3O2/c26-20-8-6-19(7-9-20)24-16-29(15-18-4-2-1-3-5-18)12-13-30(24)23-11-10-21(14-22(23)27)32-17-25(28)31;26-21-8-6-20(7-9-21)25-18-29(17-19-4-2-1-3-5-19)13-14-30(25)24-11-10-22(16-23(24)27)31-15-12-28;26-20-8-6-19(7-9-20)24-16-28(15-18-4-2-1-3-5-18)12-13-29(24)23-11-10-21(14-22(23)27)32-17-25(30)31;24-19-8-6-18(7-9-19)23-16-26(15-17-4-2-1-3-5-17)12-13-27(23)22-11-10-20(28)14-21(22)25;19-13-3-1-12(2-4-13)17-10-22-7-8-23(17)16-6-5-14(9-15(16)20)25-11-18(21)24/h1-11,14,24H,12-13,15-17H2,(H2,28,31);1-11,16,25H,13-15,17-18H2;1-11,14,24H,12-13,15-17H2,(H,30,31);1-11,14,23,28H,12-13,15-16H2;1-6,9,17,22H,7-8,10-11H2,(H2,21,24)/t24-;25-;24-;23-;17-/m00000/s1. The Hall–Kier alpha value is -12.3. The molecule has 5 fully saturated rings. The van der Waals surface area contributed by atoms with Gasteiger partial charge >= 0.3 is 5.97 Å². The number of aliphatic carboxylic acids is 1. The summed E-state index contributed by atoms with van der Waals surface area (Å²) in [4.78, 5) is 54.0. The fraction of sp³-hybridized carbons (Fsp3) is 0.241. The zero-order valence-corrected chi connectivity index (χ0v) is 88.6. The molecule has 0 aromatic heterocycles. The molecule has 5 atom stereocenters. The van der Waals surface area contributed by atoms with Crippen molar-refractivity contribution in [3.63, 3.8) is 0 Å². The van der Waals surface area contributed by atoms with Crippen molar-refractivity contribution < 1.29 is 43.5 Å². The number of phenols is 1. The lowest BCUT2D eigenvalue weighted by Crippen LogP contribution is -2.48. The summed E-state index contributed by atoms with van der Waals surface area (Å²) in [7, 11) is 0. The van der Waals surface area contributed by atoms with E-state index in [9.17, 15) is 19.5 Å². The smallest absolute Gasteiger partial charge is 0.341 e. The number of nitrogens with two attached hydrogens (primary N) is 2. The van der Waals surface area contributed by atoms with Crippen molar-refractivity contribution in [3.05, 3.63) is 434 Å². The Morgan fingerprint density at radius 1 is 0.311 bits per heavy atom. The second-order valence-corrected chi connectivity index (χ2v) is 40.3. The van der Waals surface area contributed by atoms with Gasteiger partial charge < -0.3 is 70.4 Å². The van der Waals surface area contributed by atoms with Crippen LogP contribution in [0.3, 0.4) is 0 Å². The highest BCUT2D eigenvalue weighted by Gasteiger charge is 2.36. The highest BCUT2D eigenvalue weighted by atomic mass is 35.5. The number of carbonyl (C=O) groups excluding carboxylic acids is 2. The second-order valence-electron chi connectivity index (χ2n) is 36.1. The van der Waals surface area contributed by atoms with Crippen LogP contribution in [-0.4, -0.2) is 172 Å². The van der Waals surface area contributed by atoms with E-state index in [4.69, 9.17) is 157 Å². The Morgan fingerprint density at radius 3 is 0.818 bits per heavy atom. The minimum absolute atomic E-state index is 0.00123. The summed E-state index contributed by atoms with van der Waals surface area (Å²) in [5.74, 6) is 0.177. The summed E-state index contributed by atoms with van der Waals surface area (Å²) in [5.41, 5.74) is 26.0. The van der Waals surface area contributed by atoms with Gasteiger partial charge in [-0.1, -0.05) is 298 Å². The quantitative estimate of drug-likeness (QED) is 0.0292. The average molecular weight is 2190 g/mol. The molecule has 0 bridgehead atoms. The summed E-state index contributed by atoms with van der Waals surface area (Å²) in [5, 5.41) is 37.2. The highest BCUT2D eigenvalue weighted by Crippen LogP contribution is 2.45. The molecule has 0 unspecified atom stereocenters. The normalized spacial score (nSPS) is 17.0. The van der Waals surface area contributed by atoms with Gasteiger partial charge in [0.1, 0.15) is 34.8 Å². The number of primary amides is 2. The Labute approximate surface area is 914 Å². The number of piperazine rings is 5. The maximum atomic E-state index is 11.0. The van der Waals surface area contributed by atoms with E-state index in [0.717, 1.165) is 168 Å². The van der Waals surface area contributed by atoms with E-state index in [2.05, 4.69) is 195 Å². The lowest BCUT2D eigenvalue weighted by Gasteiger charge is -2.43. The molecule has 0 aliphatic carbocycles. The molecule has 14 aromatic rings. The molecular formula is C116H113Cl10N13O9. The number of rotatable bonds is 29. The molecule has 0 spiro atoms. The van der Waals surface area contributed by atoms with Gasteiger partial charge in [-0.3, -0.25) is 29.2 Å². The molecule has 0 saturated carbocycles. The van der Waals surface area contributed by atoms with Crippen LogP contribution in [0.2, 0.25) is 50.2 Å². The van der Waals surface area contributed by atoms with Gasteiger partial charge in [0.2, 0.25) is 0 Å². The summed E-state index contributed by atoms with van der Waals surface area (Å²) in [6, 6.07) is 112. The third-order valence-electron chi connectivity index (χ3n) is 26.0. The van der Waals surface area contributed by atoms with E-state index in [0.29, 0.717) is 63.2 Å². The number of carbonyl (C=O) groups is 3. The maximum Gasteiger partial charge on any atom is 0.341 e. The zero-order chi connectivity index (χ0) is 104. The maximum absolute atomic E-state index is 11.0. The van der Waals surface area contributed by atoms with Crippen LogP contribution in [-0.2, 0) is 40.6 Å². The minimum atomic E-state index is -1.03. The molecule has 0 radical (unpaired) electrons. The average Bonchev–Trinajstić information content (AvgIpc) is 0.650.